The summed E-state index contributed by atoms with van der Waals surface area (Å²) < 4.78 is 0.931. The zero-order chi connectivity index (χ0) is 16.1. The van der Waals surface area contributed by atoms with Gasteiger partial charge in [-0.15, -0.1) is 5.10 Å². The van der Waals surface area contributed by atoms with Gasteiger partial charge in [0.2, 0.25) is 5.91 Å². The number of nitrogens with one attached hydrogen (secondary N) is 2. The second-order valence-electron chi connectivity index (χ2n) is 4.64. The van der Waals surface area contributed by atoms with Crippen molar-refractivity contribution in [2.45, 2.75) is 6.54 Å². The van der Waals surface area contributed by atoms with E-state index < -0.39 is 0 Å². The molecule has 0 fully saturated rings. The first-order valence-corrected chi connectivity index (χ1v) is 7.17. The molecule has 2 rings (SSSR count). The smallest absolute Gasteiger partial charge is 0.322 e. The topological polar surface area (TPSA) is 92.2 Å². The molecule has 8 nitrogen and oxygen atoms in total. The Bertz CT molecular complexity index is 667. The molecule has 3 amide bonds. The second kappa shape index (κ2) is 7.03. The summed E-state index contributed by atoms with van der Waals surface area (Å²) in [5, 5.41) is 13.2. The number of benzene rings is 1. The van der Waals surface area contributed by atoms with E-state index in [1.54, 1.807) is 26.2 Å². The third-order valence-electron chi connectivity index (χ3n) is 2.59. The van der Waals surface area contributed by atoms with Crippen molar-refractivity contribution >= 4 is 39.4 Å². The molecule has 0 atom stereocenters. The largest absolute Gasteiger partial charge is 0.331 e. The van der Waals surface area contributed by atoms with Gasteiger partial charge in [0.15, 0.2) is 5.82 Å². The van der Waals surface area contributed by atoms with Crippen molar-refractivity contribution in [2.24, 2.45) is 0 Å². The molecule has 0 unspecified atom stereocenters. The van der Waals surface area contributed by atoms with E-state index in [2.05, 4.69) is 36.8 Å². The van der Waals surface area contributed by atoms with Crippen LogP contribution in [0.25, 0.3) is 0 Å². The Morgan fingerprint density at radius 3 is 2.55 bits per heavy atom. The van der Waals surface area contributed by atoms with Crippen LogP contribution in [0, 0.1) is 0 Å². The zero-order valence-corrected chi connectivity index (χ0v) is 13.7. The van der Waals surface area contributed by atoms with E-state index in [0.717, 1.165) is 4.47 Å². The number of urea groups is 1. The Morgan fingerprint density at radius 1 is 1.23 bits per heavy atom. The first kappa shape index (κ1) is 16.0. The lowest BCUT2D eigenvalue weighted by molar-refractivity contribution is -0.117. The average Bonchev–Trinajstić information content (AvgIpc) is 2.88. The van der Waals surface area contributed by atoms with Crippen LogP contribution in [0.3, 0.4) is 0 Å². The van der Waals surface area contributed by atoms with Gasteiger partial charge in [-0.2, -0.15) is 9.90 Å². The van der Waals surface area contributed by atoms with Gasteiger partial charge < -0.3 is 10.2 Å². The fourth-order valence-electron chi connectivity index (χ4n) is 1.51. The number of hydrogen-bond acceptors (Lipinski definition) is 4. The summed E-state index contributed by atoms with van der Waals surface area (Å²) >= 11 is 3.32. The molecule has 116 valence electrons. The number of carbonyl (C=O) groups is 2. The molecule has 0 bridgehead atoms. The molecule has 0 aliphatic heterocycles. The molecule has 1 heterocycles. The summed E-state index contributed by atoms with van der Waals surface area (Å²) in [6.07, 6.45) is 1.38. The van der Waals surface area contributed by atoms with Crippen LogP contribution in [0.4, 0.5) is 16.3 Å². The van der Waals surface area contributed by atoms with Crippen LogP contribution in [0.5, 0.6) is 0 Å². The van der Waals surface area contributed by atoms with Crippen molar-refractivity contribution < 1.29 is 9.59 Å². The molecule has 9 heteroatoms. The van der Waals surface area contributed by atoms with Crippen LogP contribution in [-0.4, -0.2) is 45.9 Å². The molecule has 2 N–H and O–H groups in total. The van der Waals surface area contributed by atoms with E-state index in [-0.39, 0.29) is 24.3 Å². The lowest BCUT2D eigenvalue weighted by Crippen LogP contribution is -2.27. The third-order valence-corrected chi connectivity index (χ3v) is 3.12. The third kappa shape index (κ3) is 4.55. The maximum absolute atomic E-state index is 11.9. The quantitative estimate of drug-likeness (QED) is 0.862. The van der Waals surface area contributed by atoms with E-state index >= 15 is 0 Å². The van der Waals surface area contributed by atoms with Gasteiger partial charge in [-0.05, 0) is 24.3 Å². The highest BCUT2D eigenvalue weighted by Crippen LogP contribution is 2.14. The highest BCUT2D eigenvalue weighted by atomic mass is 79.9. The van der Waals surface area contributed by atoms with Crippen molar-refractivity contribution in [2.75, 3.05) is 24.7 Å². The summed E-state index contributed by atoms with van der Waals surface area (Å²) in [5.74, 6) is 0.0264. The molecule has 1 aromatic carbocycles. The van der Waals surface area contributed by atoms with E-state index in [1.165, 1.54) is 15.9 Å². The average molecular weight is 367 g/mol. The standard InChI is InChI=1S/C13H15BrN6O2/c1-19(2)13(22)17-11-7-15-20(18-11)8-12(21)16-10-5-3-9(14)4-6-10/h3-7H,8H2,1-2H3,(H,16,21)(H,17,18,22). The Hall–Kier alpha value is -2.42. The molecule has 0 saturated carbocycles. The van der Waals surface area contributed by atoms with Crippen molar-refractivity contribution in [3.63, 3.8) is 0 Å². The van der Waals surface area contributed by atoms with Crippen LogP contribution in [0.2, 0.25) is 0 Å². The molecule has 1 aromatic heterocycles. The summed E-state index contributed by atoms with van der Waals surface area (Å²) in [7, 11) is 3.23. The maximum atomic E-state index is 11.9. The molecule has 0 aliphatic carbocycles. The van der Waals surface area contributed by atoms with Gasteiger partial charge in [-0.25, -0.2) is 4.79 Å². The van der Waals surface area contributed by atoms with Crippen LogP contribution in [-0.2, 0) is 11.3 Å². The number of anilines is 2. The minimum atomic E-state index is -0.314. The molecular formula is C13H15BrN6O2. The monoisotopic (exact) mass is 366 g/mol. The number of nitrogens with zero attached hydrogens (tertiary/aromatic N) is 4. The Balaban J connectivity index is 1.90. The Labute approximate surface area is 135 Å². The maximum Gasteiger partial charge on any atom is 0.322 e. The van der Waals surface area contributed by atoms with Gasteiger partial charge in [-0.3, -0.25) is 10.1 Å². The molecule has 22 heavy (non-hydrogen) atoms. The van der Waals surface area contributed by atoms with Crippen LogP contribution in [0.15, 0.2) is 34.9 Å². The summed E-state index contributed by atoms with van der Waals surface area (Å²) in [5.41, 5.74) is 0.682. The van der Waals surface area contributed by atoms with Crippen LogP contribution in [0.1, 0.15) is 0 Å². The van der Waals surface area contributed by atoms with E-state index in [9.17, 15) is 9.59 Å². The first-order valence-electron chi connectivity index (χ1n) is 6.38. The minimum absolute atomic E-state index is 0.0477. The SMILES string of the molecule is CN(C)C(=O)Nc1cnn(CC(=O)Nc2ccc(Br)cc2)n1. The van der Waals surface area contributed by atoms with Crippen LogP contribution >= 0.6 is 15.9 Å². The first-order chi connectivity index (χ1) is 10.4. The number of aromatic nitrogens is 3. The van der Waals surface area contributed by atoms with Gasteiger partial charge >= 0.3 is 6.03 Å². The summed E-state index contributed by atoms with van der Waals surface area (Å²) in [4.78, 5) is 25.9. The number of hydrogen-bond donors (Lipinski definition) is 2. The fraction of sp³-hybridized carbons (Fsp3) is 0.231. The van der Waals surface area contributed by atoms with E-state index in [1.807, 2.05) is 12.1 Å². The predicted octanol–water partition coefficient (Wildman–Crippen LogP) is 1.77. The van der Waals surface area contributed by atoms with Crippen molar-refractivity contribution in [1.29, 1.82) is 0 Å². The highest BCUT2D eigenvalue weighted by Gasteiger charge is 2.09. The van der Waals surface area contributed by atoms with E-state index in [0.29, 0.717) is 5.69 Å². The molecule has 0 spiro atoms. The molecule has 2 aromatic rings. The highest BCUT2D eigenvalue weighted by molar-refractivity contribution is 9.10. The number of halogens is 1. The van der Waals surface area contributed by atoms with Crippen LogP contribution < -0.4 is 10.6 Å². The predicted molar refractivity (Wildman–Crippen MR) is 85.5 cm³/mol. The molecule has 0 saturated heterocycles. The van der Waals surface area contributed by atoms with Gasteiger partial charge in [0.05, 0.1) is 6.20 Å². The van der Waals surface area contributed by atoms with Crippen molar-refractivity contribution in [3.05, 3.63) is 34.9 Å². The van der Waals surface area contributed by atoms with Gasteiger partial charge in [0, 0.05) is 24.3 Å². The number of carbonyl (C=O) groups excluding carboxylic acids is 2. The zero-order valence-electron chi connectivity index (χ0n) is 12.1. The van der Waals surface area contributed by atoms with Crippen molar-refractivity contribution in [3.8, 4) is 0 Å². The number of rotatable bonds is 4. The van der Waals surface area contributed by atoms with Crippen molar-refractivity contribution in [1.82, 2.24) is 19.9 Å². The lowest BCUT2D eigenvalue weighted by Gasteiger charge is -2.09. The Kier molecular flexibility index (Phi) is 5.10. The molecular weight excluding hydrogens is 352 g/mol. The Morgan fingerprint density at radius 2 is 1.91 bits per heavy atom. The molecule has 0 radical (unpaired) electrons. The summed E-state index contributed by atoms with van der Waals surface area (Å²) in [6.45, 7) is -0.0477. The number of amides is 3. The van der Waals surface area contributed by atoms with Gasteiger partial charge in [-0.1, -0.05) is 15.9 Å². The van der Waals surface area contributed by atoms with E-state index in [4.69, 9.17) is 0 Å². The summed E-state index contributed by atoms with van der Waals surface area (Å²) in [6, 6.07) is 6.90. The second-order valence-corrected chi connectivity index (χ2v) is 5.56. The normalized spacial score (nSPS) is 10.1. The minimum Gasteiger partial charge on any atom is -0.331 e. The fourth-order valence-corrected chi connectivity index (χ4v) is 1.78. The van der Waals surface area contributed by atoms with Gasteiger partial charge in [0.1, 0.15) is 6.54 Å². The lowest BCUT2D eigenvalue weighted by atomic mass is 10.3. The van der Waals surface area contributed by atoms with Gasteiger partial charge in [0.25, 0.3) is 0 Å². The molecule has 0 aliphatic rings.